The molecule has 14 heavy (non-hydrogen) atoms. The van der Waals surface area contributed by atoms with Gasteiger partial charge in [0.15, 0.2) is 5.84 Å². The average molecular weight is 219 g/mol. The van der Waals surface area contributed by atoms with Gasteiger partial charge in [0.25, 0.3) is 0 Å². The van der Waals surface area contributed by atoms with E-state index in [1.807, 2.05) is 4.72 Å². The molecule has 0 bridgehead atoms. The first-order valence-electron chi connectivity index (χ1n) is 3.71. The van der Waals surface area contributed by atoms with E-state index < -0.39 is 16.2 Å². The minimum absolute atomic E-state index is 0.0957. The lowest BCUT2D eigenvalue weighted by molar-refractivity contribution is -0.137. The number of amidine groups is 1. The molecule has 0 unspecified atom stereocenters. The van der Waals surface area contributed by atoms with Crippen LogP contribution < -0.4 is 10.5 Å². The molecule has 7 nitrogen and oxygen atoms in total. The molecule has 0 aliphatic carbocycles. The van der Waals surface area contributed by atoms with Gasteiger partial charge in [0.1, 0.15) is 5.57 Å². The lowest BCUT2D eigenvalue weighted by atomic mass is 10.3. The maximum absolute atomic E-state index is 11.1. The monoisotopic (exact) mass is 219 g/mol. The van der Waals surface area contributed by atoms with Gasteiger partial charge in [-0.15, -0.1) is 4.40 Å². The largest absolute Gasteiger partial charge is 0.462 e. The van der Waals surface area contributed by atoms with Gasteiger partial charge in [0.05, 0.1) is 6.61 Å². The van der Waals surface area contributed by atoms with E-state index in [-0.39, 0.29) is 18.0 Å². The number of nitrogens with two attached hydrogens (primary N) is 1. The Balaban J connectivity index is 2.91. The number of nitrogens with zero attached hydrogens (tertiary/aromatic N) is 1. The predicted molar refractivity (Wildman–Crippen MR) is 48.4 cm³/mol. The summed E-state index contributed by atoms with van der Waals surface area (Å²) in [5, 5.41) is 0. The fourth-order valence-electron chi connectivity index (χ4n) is 0.785. The Morgan fingerprint density at radius 2 is 2.36 bits per heavy atom. The Hall–Kier alpha value is -1.57. The maximum atomic E-state index is 11.1. The summed E-state index contributed by atoms with van der Waals surface area (Å²) in [6.07, 6.45) is 0.954. The molecule has 0 aromatic rings. The number of hydrogen-bond acceptors (Lipinski definition) is 5. The fraction of sp³-hybridized carbons (Fsp3) is 0.333. The number of nitrogens with one attached hydrogen (secondary N) is 1. The SMILES string of the molecule is CCOC(=O)C1=CNS(=O)(=O)N=C1N. The van der Waals surface area contributed by atoms with E-state index in [0.29, 0.717) is 0 Å². The van der Waals surface area contributed by atoms with Crippen molar-refractivity contribution in [3.8, 4) is 0 Å². The van der Waals surface area contributed by atoms with E-state index in [9.17, 15) is 13.2 Å². The van der Waals surface area contributed by atoms with Crippen molar-refractivity contribution in [3.05, 3.63) is 11.8 Å². The zero-order chi connectivity index (χ0) is 10.8. The minimum atomic E-state index is -3.78. The molecule has 0 aromatic heterocycles. The van der Waals surface area contributed by atoms with E-state index >= 15 is 0 Å². The zero-order valence-corrected chi connectivity index (χ0v) is 8.17. The van der Waals surface area contributed by atoms with Crippen LogP contribution in [-0.2, 0) is 19.7 Å². The normalized spacial score (nSPS) is 18.9. The van der Waals surface area contributed by atoms with E-state index in [0.717, 1.165) is 6.20 Å². The van der Waals surface area contributed by atoms with Crippen molar-refractivity contribution in [3.63, 3.8) is 0 Å². The van der Waals surface area contributed by atoms with Gasteiger partial charge in [0.2, 0.25) is 0 Å². The number of hydrogen-bond donors (Lipinski definition) is 2. The van der Waals surface area contributed by atoms with Crippen LogP contribution in [0.5, 0.6) is 0 Å². The van der Waals surface area contributed by atoms with Crippen molar-refractivity contribution in [1.29, 1.82) is 0 Å². The first-order valence-corrected chi connectivity index (χ1v) is 5.15. The highest BCUT2D eigenvalue weighted by atomic mass is 32.2. The van der Waals surface area contributed by atoms with Crippen LogP contribution in [0.3, 0.4) is 0 Å². The Morgan fingerprint density at radius 3 is 2.86 bits per heavy atom. The van der Waals surface area contributed by atoms with Crippen molar-refractivity contribution < 1.29 is 17.9 Å². The number of carbonyl (C=O) groups is 1. The van der Waals surface area contributed by atoms with Crippen LogP contribution in [0.25, 0.3) is 0 Å². The molecule has 1 aliphatic heterocycles. The summed E-state index contributed by atoms with van der Waals surface area (Å²) in [4.78, 5) is 11.1. The highest BCUT2D eigenvalue weighted by molar-refractivity contribution is 7.88. The van der Waals surface area contributed by atoms with E-state index in [4.69, 9.17) is 5.73 Å². The summed E-state index contributed by atoms with van der Waals surface area (Å²) in [6, 6.07) is 0. The van der Waals surface area contributed by atoms with Crippen LogP contribution in [0.1, 0.15) is 6.92 Å². The quantitative estimate of drug-likeness (QED) is 0.557. The molecule has 0 radical (unpaired) electrons. The minimum Gasteiger partial charge on any atom is -0.462 e. The second kappa shape index (κ2) is 3.66. The Labute approximate surface area is 80.8 Å². The lowest BCUT2D eigenvalue weighted by Crippen LogP contribution is -2.32. The first-order chi connectivity index (χ1) is 6.46. The molecule has 0 saturated heterocycles. The molecule has 1 aliphatic rings. The van der Waals surface area contributed by atoms with Gasteiger partial charge in [0, 0.05) is 6.20 Å². The van der Waals surface area contributed by atoms with Crippen molar-refractivity contribution in [2.45, 2.75) is 6.92 Å². The topological polar surface area (TPSA) is 111 Å². The first kappa shape index (κ1) is 10.5. The molecule has 1 heterocycles. The van der Waals surface area contributed by atoms with Crippen LogP contribution in [0.2, 0.25) is 0 Å². The van der Waals surface area contributed by atoms with Gasteiger partial charge in [-0.2, -0.15) is 8.42 Å². The van der Waals surface area contributed by atoms with E-state index in [2.05, 4.69) is 9.13 Å². The van der Waals surface area contributed by atoms with Crippen LogP contribution >= 0.6 is 0 Å². The number of ether oxygens (including phenoxy) is 1. The summed E-state index contributed by atoms with van der Waals surface area (Å²) in [6.45, 7) is 1.80. The zero-order valence-electron chi connectivity index (χ0n) is 7.35. The van der Waals surface area contributed by atoms with Gasteiger partial charge in [-0.3, -0.25) is 4.72 Å². The molecule has 0 aromatic carbocycles. The smallest absolute Gasteiger partial charge is 0.343 e. The second-order valence-electron chi connectivity index (χ2n) is 2.35. The van der Waals surface area contributed by atoms with Gasteiger partial charge < -0.3 is 10.5 Å². The third kappa shape index (κ3) is 2.22. The molecule has 78 valence electrons. The molecule has 0 atom stereocenters. The molecule has 8 heteroatoms. The van der Waals surface area contributed by atoms with Crippen LogP contribution in [0, 0.1) is 0 Å². The average Bonchev–Trinajstić information content (AvgIpc) is 2.02. The molecule has 0 spiro atoms. The van der Waals surface area contributed by atoms with Crippen molar-refractivity contribution in [1.82, 2.24) is 4.72 Å². The maximum Gasteiger partial charge on any atom is 0.343 e. The van der Waals surface area contributed by atoms with E-state index in [1.165, 1.54) is 0 Å². The molecule has 0 saturated carbocycles. The third-order valence-corrected chi connectivity index (χ3v) is 2.19. The molecule has 3 N–H and O–H groups in total. The number of rotatable bonds is 2. The van der Waals surface area contributed by atoms with Crippen molar-refractivity contribution in [2.24, 2.45) is 10.1 Å². The van der Waals surface area contributed by atoms with Crippen molar-refractivity contribution >= 4 is 22.0 Å². The summed E-state index contributed by atoms with van der Waals surface area (Å²) < 4.78 is 31.2. The molecular formula is C6H9N3O4S. The summed E-state index contributed by atoms with van der Waals surface area (Å²) in [5.74, 6) is -1.08. The number of carbonyl (C=O) groups excluding carboxylic acids is 1. The van der Waals surface area contributed by atoms with Gasteiger partial charge in [-0.25, -0.2) is 4.79 Å². The molecule has 0 amide bonds. The summed E-state index contributed by atoms with van der Waals surface area (Å²) in [5.41, 5.74) is 5.15. The van der Waals surface area contributed by atoms with Crippen molar-refractivity contribution in [2.75, 3.05) is 6.61 Å². The highest BCUT2D eigenvalue weighted by Crippen LogP contribution is 2.05. The Kier molecular flexibility index (Phi) is 2.75. The fourth-order valence-corrected chi connectivity index (χ4v) is 1.46. The van der Waals surface area contributed by atoms with Crippen LogP contribution in [-0.4, -0.2) is 26.8 Å². The highest BCUT2D eigenvalue weighted by Gasteiger charge is 2.22. The van der Waals surface area contributed by atoms with Gasteiger partial charge in [-0.1, -0.05) is 0 Å². The van der Waals surface area contributed by atoms with Gasteiger partial charge in [-0.05, 0) is 6.92 Å². The molecule has 1 rings (SSSR count). The van der Waals surface area contributed by atoms with Gasteiger partial charge >= 0.3 is 16.2 Å². The molecule has 0 fully saturated rings. The Morgan fingerprint density at radius 1 is 1.71 bits per heavy atom. The Bertz CT molecular complexity index is 409. The predicted octanol–water partition coefficient (Wildman–Crippen LogP) is -1.36. The van der Waals surface area contributed by atoms with Crippen LogP contribution in [0.4, 0.5) is 0 Å². The lowest BCUT2D eigenvalue weighted by Gasteiger charge is -2.10. The van der Waals surface area contributed by atoms with Crippen LogP contribution in [0.15, 0.2) is 16.2 Å². The number of esters is 1. The standard InChI is InChI=1S/C6H9N3O4S/c1-2-13-6(10)4-3-8-14(11,12)9-5(4)7/h3,8H,2H2,1H3,(H2,7,9). The third-order valence-electron chi connectivity index (χ3n) is 1.34. The van der Waals surface area contributed by atoms with E-state index in [1.54, 1.807) is 6.92 Å². The summed E-state index contributed by atoms with van der Waals surface area (Å²) >= 11 is 0. The molecular weight excluding hydrogens is 210 g/mol. The summed E-state index contributed by atoms with van der Waals surface area (Å²) in [7, 11) is -3.78. The second-order valence-corrected chi connectivity index (χ2v) is 3.72.